The number of Topliss-reactive ketones (excluding diaryl/α,β-unsaturated/α-hetero) is 1. The third-order valence-corrected chi connectivity index (χ3v) is 4.97. The molecule has 6 nitrogen and oxygen atoms in total. The molecule has 0 amide bonds. The van der Waals surface area contributed by atoms with Crippen LogP contribution in [-0.2, 0) is 6.42 Å². The number of aryl methyl sites for hydroxylation is 1. The monoisotopic (exact) mass is 379 g/mol. The molecule has 0 aliphatic heterocycles. The second-order valence-electron chi connectivity index (χ2n) is 5.82. The number of non-ortho nitro benzene ring substituents is 1. The average molecular weight is 379 g/mol. The summed E-state index contributed by atoms with van der Waals surface area (Å²) in [5, 5.41) is 19.7. The van der Waals surface area contributed by atoms with Crippen molar-refractivity contribution < 1.29 is 9.72 Å². The van der Waals surface area contributed by atoms with E-state index in [-0.39, 0.29) is 17.2 Å². The van der Waals surface area contributed by atoms with Crippen LogP contribution in [0, 0.1) is 10.1 Å². The lowest BCUT2D eigenvalue weighted by Gasteiger charge is -2.04. The summed E-state index contributed by atoms with van der Waals surface area (Å²) in [6, 6.07) is 17.5. The number of ketones is 1. The Balaban J connectivity index is 1.60. The van der Waals surface area contributed by atoms with Crippen LogP contribution in [0.5, 0.6) is 0 Å². The topological polar surface area (TPSA) is 86.0 Å². The minimum absolute atomic E-state index is 0.0346. The fourth-order valence-corrected chi connectivity index (χ4v) is 3.16. The van der Waals surface area contributed by atoms with E-state index in [0.717, 1.165) is 17.7 Å². The van der Waals surface area contributed by atoms with Gasteiger partial charge in [-0.05, 0) is 36.2 Å². The van der Waals surface area contributed by atoms with Crippen molar-refractivity contribution in [1.29, 1.82) is 0 Å². The van der Waals surface area contributed by atoms with E-state index in [1.165, 1.54) is 41.6 Å². The van der Waals surface area contributed by atoms with Crippen LogP contribution >= 0.6 is 11.8 Å². The van der Waals surface area contributed by atoms with Crippen LogP contribution in [0.25, 0.3) is 11.3 Å². The number of carbonyl (C=O) groups excluding carboxylic acids is 1. The number of rotatable bonds is 7. The molecule has 2 aromatic carbocycles. The average Bonchev–Trinajstić information content (AvgIpc) is 2.72. The molecule has 136 valence electrons. The zero-order chi connectivity index (χ0) is 19.2. The summed E-state index contributed by atoms with van der Waals surface area (Å²) in [5.74, 6) is 0.0766. The SMILES string of the molecule is CCc1ccc(-c2ccc(SCC(=O)c3ccc([N+](=O)[O-])cc3)nn2)cc1. The molecule has 0 saturated heterocycles. The highest BCUT2D eigenvalue weighted by atomic mass is 32.2. The van der Waals surface area contributed by atoms with Gasteiger partial charge in [-0.2, -0.15) is 0 Å². The highest BCUT2D eigenvalue weighted by molar-refractivity contribution is 7.99. The number of benzene rings is 2. The van der Waals surface area contributed by atoms with Gasteiger partial charge in [0.1, 0.15) is 5.03 Å². The zero-order valence-corrected chi connectivity index (χ0v) is 15.5. The van der Waals surface area contributed by atoms with E-state index >= 15 is 0 Å². The lowest BCUT2D eigenvalue weighted by Crippen LogP contribution is -2.03. The van der Waals surface area contributed by atoms with Gasteiger partial charge in [0.15, 0.2) is 5.78 Å². The van der Waals surface area contributed by atoms with Gasteiger partial charge in [0.05, 0.1) is 16.4 Å². The zero-order valence-electron chi connectivity index (χ0n) is 14.7. The maximum Gasteiger partial charge on any atom is 0.269 e. The third kappa shape index (κ3) is 4.77. The van der Waals surface area contributed by atoms with Crippen molar-refractivity contribution in [2.75, 3.05) is 5.75 Å². The van der Waals surface area contributed by atoms with Crippen molar-refractivity contribution in [3.05, 3.63) is 81.9 Å². The van der Waals surface area contributed by atoms with Crippen molar-refractivity contribution in [3.8, 4) is 11.3 Å². The molecule has 1 aromatic heterocycles. The van der Waals surface area contributed by atoms with Crippen molar-refractivity contribution in [1.82, 2.24) is 10.2 Å². The van der Waals surface area contributed by atoms with Gasteiger partial charge in [-0.15, -0.1) is 10.2 Å². The van der Waals surface area contributed by atoms with Crippen molar-refractivity contribution in [3.63, 3.8) is 0 Å². The normalized spacial score (nSPS) is 10.6. The Morgan fingerprint density at radius 2 is 1.70 bits per heavy atom. The maximum absolute atomic E-state index is 12.2. The molecule has 0 bridgehead atoms. The number of aromatic nitrogens is 2. The Kier molecular flexibility index (Phi) is 5.93. The van der Waals surface area contributed by atoms with Crippen LogP contribution < -0.4 is 0 Å². The van der Waals surface area contributed by atoms with E-state index < -0.39 is 4.92 Å². The molecule has 0 N–H and O–H groups in total. The number of hydrogen-bond acceptors (Lipinski definition) is 6. The number of hydrogen-bond donors (Lipinski definition) is 0. The van der Waals surface area contributed by atoms with E-state index in [1.54, 1.807) is 0 Å². The molecule has 0 unspecified atom stereocenters. The fraction of sp³-hybridized carbons (Fsp3) is 0.150. The molecule has 27 heavy (non-hydrogen) atoms. The molecule has 0 saturated carbocycles. The Bertz CT molecular complexity index is 940. The van der Waals surface area contributed by atoms with E-state index in [4.69, 9.17) is 0 Å². The van der Waals surface area contributed by atoms with Crippen LogP contribution in [0.1, 0.15) is 22.8 Å². The smallest absolute Gasteiger partial charge is 0.269 e. The van der Waals surface area contributed by atoms with Gasteiger partial charge in [-0.25, -0.2) is 0 Å². The summed E-state index contributed by atoms with van der Waals surface area (Å²) in [4.78, 5) is 22.4. The summed E-state index contributed by atoms with van der Waals surface area (Å²) in [6.07, 6.45) is 0.990. The van der Waals surface area contributed by atoms with Gasteiger partial charge >= 0.3 is 0 Å². The quantitative estimate of drug-likeness (QED) is 0.258. The first-order valence-electron chi connectivity index (χ1n) is 8.40. The van der Waals surface area contributed by atoms with E-state index in [9.17, 15) is 14.9 Å². The molecule has 3 rings (SSSR count). The van der Waals surface area contributed by atoms with Crippen LogP contribution in [-0.4, -0.2) is 26.7 Å². The first-order valence-corrected chi connectivity index (χ1v) is 9.39. The largest absolute Gasteiger partial charge is 0.293 e. The molecule has 3 aromatic rings. The first-order chi connectivity index (χ1) is 13.1. The number of nitro groups is 1. The summed E-state index contributed by atoms with van der Waals surface area (Å²) < 4.78 is 0. The lowest BCUT2D eigenvalue weighted by molar-refractivity contribution is -0.384. The highest BCUT2D eigenvalue weighted by Crippen LogP contribution is 2.21. The Hall–Kier alpha value is -3.06. The summed E-state index contributed by atoms with van der Waals surface area (Å²) in [6.45, 7) is 2.11. The number of carbonyl (C=O) groups is 1. The lowest BCUT2D eigenvalue weighted by atomic mass is 10.1. The van der Waals surface area contributed by atoms with Gasteiger partial charge in [0.25, 0.3) is 5.69 Å². The van der Waals surface area contributed by atoms with Gasteiger partial charge in [0, 0.05) is 23.3 Å². The number of thioether (sulfide) groups is 1. The standard InChI is InChI=1S/C20H17N3O3S/c1-2-14-3-5-15(6-4-14)18-11-12-20(22-21-18)27-13-19(24)16-7-9-17(10-8-16)23(25)26/h3-12H,2,13H2,1H3. The molecule has 0 spiro atoms. The maximum atomic E-state index is 12.2. The Labute approximate surface area is 160 Å². The van der Waals surface area contributed by atoms with Crippen LogP contribution in [0.15, 0.2) is 65.7 Å². The van der Waals surface area contributed by atoms with Crippen LogP contribution in [0.2, 0.25) is 0 Å². The molecular formula is C20H17N3O3S. The third-order valence-electron chi connectivity index (χ3n) is 4.05. The molecule has 0 aliphatic rings. The van der Waals surface area contributed by atoms with E-state index in [1.807, 2.05) is 24.3 Å². The van der Waals surface area contributed by atoms with Crippen molar-refractivity contribution in [2.24, 2.45) is 0 Å². The second kappa shape index (κ2) is 8.55. The minimum atomic E-state index is -0.490. The minimum Gasteiger partial charge on any atom is -0.293 e. The predicted octanol–water partition coefficient (Wildman–Crippen LogP) is 4.59. The Morgan fingerprint density at radius 1 is 1.00 bits per heavy atom. The summed E-state index contributed by atoms with van der Waals surface area (Å²) in [5.41, 5.74) is 3.45. The summed E-state index contributed by atoms with van der Waals surface area (Å²) >= 11 is 1.29. The number of nitrogens with zero attached hydrogens (tertiary/aromatic N) is 3. The van der Waals surface area contributed by atoms with E-state index in [2.05, 4.69) is 29.3 Å². The highest BCUT2D eigenvalue weighted by Gasteiger charge is 2.11. The molecule has 7 heteroatoms. The van der Waals surface area contributed by atoms with Crippen molar-refractivity contribution >= 4 is 23.2 Å². The number of nitro benzene ring substituents is 1. The fourth-order valence-electron chi connectivity index (χ4n) is 2.45. The van der Waals surface area contributed by atoms with E-state index in [0.29, 0.717) is 10.6 Å². The van der Waals surface area contributed by atoms with Gasteiger partial charge < -0.3 is 0 Å². The van der Waals surface area contributed by atoms with Gasteiger partial charge in [0.2, 0.25) is 0 Å². The molecule has 0 radical (unpaired) electrons. The van der Waals surface area contributed by atoms with Crippen LogP contribution in [0.4, 0.5) is 5.69 Å². The molecule has 0 aliphatic carbocycles. The molecule has 0 fully saturated rings. The summed E-state index contributed by atoms with van der Waals surface area (Å²) in [7, 11) is 0. The molecular weight excluding hydrogens is 362 g/mol. The predicted molar refractivity (Wildman–Crippen MR) is 105 cm³/mol. The first kappa shape index (κ1) is 18.7. The second-order valence-corrected chi connectivity index (χ2v) is 6.82. The molecule has 1 heterocycles. The molecule has 0 atom stereocenters. The van der Waals surface area contributed by atoms with Crippen molar-refractivity contribution in [2.45, 2.75) is 18.4 Å². The Morgan fingerprint density at radius 3 is 2.26 bits per heavy atom. The van der Waals surface area contributed by atoms with Gasteiger partial charge in [-0.3, -0.25) is 14.9 Å². The van der Waals surface area contributed by atoms with Crippen LogP contribution in [0.3, 0.4) is 0 Å². The van der Waals surface area contributed by atoms with Gasteiger partial charge in [-0.1, -0.05) is 43.0 Å².